The molecule has 0 radical (unpaired) electrons. The van der Waals surface area contributed by atoms with Gasteiger partial charge in [0, 0.05) is 37.3 Å². The molecule has 1 aliphatic rings. The number of esters is 1. The molecule has 7 heteroatoms. The second-order valence-electron chi connectivity index (χ2n) is 7.63. The van der Waals surface area contributed by atoms with Crippen LogP contribution in [-0.4, -0.2) is 46.0 Å². The predicted molar refractivity (Wildman–Crippen MR) is 116 cm³/mol. The number of hydrogen-bond donors (Lipinski definition) is 1. The summed E-state index contributed by atoms with van der Waals surface area (Å²) in [6.07, 6.45) is 0.802. The van der Waals surface area contributed by atoms with Crippen molar-refractivity contribution in [3.63, 3.8) is 0 Å². The number of nitrogens with zero attached hydrogens (tertiary/aromatic N) is 3. The Balaban J connectivity index is 1.59. The van der Waals surface area contributed by atoms with Crippen molar-refractivity contribution >= 4 is 5.97 Å². The van der Waals surface area contributed by atoms with Crippen LogP contribution < -0.4 is 4.74 Å². The molecular formula is C24H27N3O4. The lowest BCUT2D eigenvalue weighted by Gasteiger charge is -2.27. The standard InChI is InChI=1S/C24H27N3O4/c1-3-31-24(29)23-21-16-26(14-17-4-8-19(28)9-5-17)13-12-22(21)27(25-23)15-18-6-10-20(30-2)11-7-18/h4-11,28H,3,12-16H2,1-2H3. The zero-order valence-electron chi connectivity index (χ0n) is 17.9. The monoisotopic (exact) mass is 421 g/mol. The molecule has 4 rings (SSSR count). The quantitative estimate of drug-likeness (QED) is 0.590. The van der Waals surface area contributed by atoms with E-state index >= 15 is 0 Å². The predicted octanol–water partition coefficient (Wildman–Crippen LogP) is 3.38. The molecule has 0 spiro atoms. The Morgan fingerprint density at radius 1 is 1.06 bits per heavy atom. The summed E-state index contributed by atoms with van der Waals surface area (Å²) in [4.78, 5) is 14.9. The Bertz CT molecular complexity index is 1040. The molecule has 7 nitrogen and oxygen atoms in total. The molecule has 1 N–H and O–H groups in total. The third-order valence-electron chi connectivity index (χ3n) is 5.52. The van der Waals surface area contributed by atoms with Gasteiger partial charge in [0.2, 0.25) is 0 Å². The van der Waals surface area contributed by atoms with E-state index in [1.807, 2.05) is 41.1 Å². The lowest BCUT2D eigenvalue weighted by Crippen LogP contribution is -2.31. The molecule has 0 fully saturated rings. The van der Waals surface area contributed by atoms with Crippen molar-refractivity contribution in [1.29, 1.82) is 0 Å². The minimum Gasteiger partial charge on any atom is -0.508 e. The average molecular weight is 421 g/mol. The minimum absolute atomic E-state index is 0.258. The molecule has 0 saturated heterocycles. The van der Waals surface area contributed by atoms with Crippen LogP contribution >= 0.6 is 0 Å². The van der Waals surface area contributed by atoms with E-state index in [4.69, 9.17) is 9.47 Å². The van der Waals surface area contributed by atoms with E-state index in [9.17, 15) is 9.90 Å². The second kappa shape index (κ2) is 9.22. The van der Waals surface area contributed by atoms with E-state index in [-0.39, 0.29) is 11.7 Å². The van der Waals surface area contributed by atoms with Crippen molar-refractivity contribution in [3.8, 4) is 11.5 Å². The van der Waals surface area contributed by atoms with E-state index in [1.165, 1.54) is 0 Å². The highest BCUT2D eigenvalue weighted by Gasteiger charge is 2.29. The summed E-state index contributed by atoms with van der Waals surface area (Å²) in [5.74, 6) is 0.691. The van der Waals surface area contributed by atoms with E-state index in [1.54, 1.807) is 26.2 Å². The van der Waals surface area contributed by atoms with Crippen molar-refractivity contribution < 1.29 is 19.4 Å². The molecule has 0 bridgehead atoms. The van der Waals surface area contributed by atoms with Crippen molar-refractivity contribution in [1.82, 2.24) is 14.7 Å². The van der Waals surface area contributed by atoms with Crippen LogP contribution in [0.25, 0.3) is 0 Å². The maximum Gasteiger partial charge on any atom is 0.359 e. The zero-order chi connectivity index (χ0) is 21.8. The van der Waals surface area contributed by atoms with E-state index < -0.39 is 0 Å². The Morgan fingerprint density at radius 3 is 2.42 bits per heavy atom. The highest BCUT2D eigenvalue weighted by Crippen LogP contribution is 2.26. The minimum atomic E-state index is -0.376. The molecule has 2 heterocycles. The third-order valence-corrected chi connectivity index (χ3v) is 5.52. The topological polar surface area (TPSA) is 76.8 Å². The molecule has 0 aliphatic carbocycles. The fourth-order valence-corrected chi connectivity index (χ4v) is 3.94. The van der Waals surface area contributed by atoms with E-state index in [0.29, 0.717) is 25.4 Å². The number of carbonyl (C=O) groups excluding carboxylic acids is 1. The number of benzene rings is 2. The molecule has 162 valence electrons. The summed E-state index contributed by atoms with van der Waals surface area (Å²) in [5.41, 5.74) is 4.64. The van der Waals surface area contributed by atoms with Crippen LogP contribution in [-0.2, 0) is 30.8 Å². The number of phenolic OH excluding ortho intramolecular Hbond substituents is 1. The van der Waals surface area contributed by atoms with Gasteiger partial charge in [-0.1, -0.05) is 24.3 Å². The smallest absolute Gasteiger partial charge is 0.359 e. The first kappa shape index (κ1) is 20.9. The number of ether oxygens (including phenoxy) is 2. The van der Waals surface area contributed by atoms with E-state index in [2.05, 4.69) is 10.00 Å². The Morgan fingerprint density at radius 2 is 1.74 bits per heavy atom. The van der Waals surface area contributed by atoms with Crippen molar-refractivity contribution in [2.75, 3.05) is 20.3 Å². The first-order valence-electron chi connectivity index (χ1n) is 10.5. The van der Waals surface area contributed by atoms with Gasteiger partial charge < -0.3 is 14.6 Å². The molecule has 2 aromatic carbocycles. The summed E-state index contributed by atoms with van der Waals surface area (Å²) < 4.78 is 12.4. The summed E-state index contributed by atoms with van der Waals surface area (Å²) in [6.45, 7) is 4.94. The van der Waals surface area contributed by atoms with Crippen LogP contribution in [0.5, 0.6) is 11.5 Å². The van der Waals surface area contributed by atoms with Gasteiger partial charge in [0.1, 0.15) is 11.5 Å². The Kier molecular flexibility index (Phi) is 6.23. The summed E-state index contributed by atoms with van der Waals surface area (Å²) in [5, 5.41) is 14.2. The van der Waals surface area contributed by atoms with Gasteiger partial charge in [0.15, 0.2) is 5.69 Å². The van der Waals surface area contributed by atoms with Crippen LogP contribution in [0.3, 0.4) is 0 Å². The van der Waals surface area contributed by atoms with Gasteiger partial charge in [-0.2, -0.15) is 5.10 Å². The number of hydrogen-bond acceptors (Lipinski definition) is 6. The first-order chi connectivity index (χ1) is 15.1. The number of rotatable bonds is 7. The number of aromatic hydroxyl groups is 1. The van der Waals surface area contributed by atoms with Crippen LogP contribution in [0.15, 0.2) is 48.5 Å². The molecule has 3 aromatic rings. The summed E-state index contributed by atoms with van der Waals surface area (Å²) >= 11 is 0. The molecule has 1 aliphatic heterocycles. The Hall–Kier alpha value is -3.32. The van der Waals surface area contributed by atoms with Crippen LogP contribution in [0.1, 0.15) is 39.8 Å². The molecule has 1 aromatic heterocycles. The van der Waals surface area contributed by atoms with Crippen molar-refractivity contribution in [3.05, 3.63) is 76.6 Å². The second-order valence-corrected chi connectivity index (χ2v) is 7.63. The van der Waals surface area contributed by atoms with E-state index in [0.717, 1.165) is 47.6 Å². The van der Waals surface area contributed by atoms with Gasteiger partial charge in [-0.15, -0.1) is 0 Å². The third kappa shape index (κ3) is 4.72. The molecule has 31 heavy (non-hydrogen) atoms. The summed E-state index contributed by atoms with van der Waals surface area (Å²) in [7, 11) is 1.65. The van der Waals surface area contributed by atoms with Crippen molar-refractivity contribution in [2.45, 2.75) is 33.0 Å². The Labute approximate surface area is 181 Å². The maximum atomic E-state index is 12.6. The number of phenols is 1. The number of methoxy groups -OCH3 is 1. The zero-order valence-corrected chi connectivity index (χ0v) is 17.9. The van der Waals surface area contributed by atoms with Gasteiger partial charge in [-0.25, -0.2) is 4.79 Å². The SMILES string of the molecule is CCOC(=O)c1nn(Cc2ccc(OC)cc2)c2c1CN(Cc1ccc(O)cc1)CC2. The van der Waals surface area contributed by atoms with Gasteiger partial charge in [0.05, 0.1) is 20.3 Å². The molecule has 0 atom stereocenters. The normalized spacial score (nSPS) is 13.6. The average Bonchev–Trinajstić information content (AvgIpc) is 3.14. The molecule has 0 amide bonds. The summed E-state index contributed by atoms with van der Waals surface area (Å²) in [6, 6.07) is 15.1. The van der Waals surface area contributed by atoms with Gasteiger partial charge in [-0.05, 0) is 42.3 Å². The maximum absolute atomic E-state index is 12.6. The highest BCUT2D eigenvalue weighted by atomic mass is 16.5. The van der Waals surface area contributed by atoms with Crippen LogP contribution in [0.4, 0.5) is 0 Å². The van der Waals surface area contributed by atoms with Crippen LogP contribution in [0, 0.1) is 0 Å². The fourth-order valence-electron chi connectivity index (χ4n) is 3.94. The first-order valence-corrected chi connectivity index (χ1v) is 10.5. The molecule has 0 unspecified atom stereocenters. The van der Waals surface area contributed by atoms with Gasteiger partial charge >= 0.3 is 5.97 Å². The number of fused-ring (bicyclic) bond motifs is 1. The number of carbonyl (C=O) groups is 1. The van der Waals surface area contributed by atoms with Gasteiger partial charge in [-0.3, -0.25) is 9.58 Å². The molecule has 0 saturated carbocycles. The lowest BCUT2D eigenvalue weighted by atomic mass is 10.0. The largest absolute Gasteiger partial charge is 0.508 e. The lowest BCUT2D eigenvalue weighted by molar-refractivity contribution is 0.0515. The van der Waals surface area contributed by atoms with Crippen molar-refractivity contribution in [2.24, 2.45) is 0 Å². The molecular weight excluding hydrogens is 394 g/mol. The highest BCUT2D eigenvalue weighted by molar-refractivity contribution is 5.89. The fraction of sp³-hybridized carbons (Fsp3) is 0.333. The number of aromatic nitrogens is 2. The van der Waals surface area contributed by atoms with Crippen LogP contribution in [0.2, 0.25) is 0 Å². The van der Waals surface area contributed by atoms with Gasteiger partial charge in [0.25, 0.3) is 0 Å².